The van der Waals surface area contributed by atoms with E-state index in [1.54, 1.807) is 30.3 Å². The fourth-order valence-electron chi connectivity index (χ4n) is 3.01. The van der Waals surface area contributed by atoms with Gasteiger partial charge in [0.15, 0.2) is 0 Å². The third kappa shape index (κ3) is 6.96. The predicted octanol–water partition coefficient (Wildman–Crippen LogP) is 7.05. The van der Waals surface area contributed by atoms with Crippen LogP contribution in [0.1, 0.15) is 27.0 Å². The number of rotatable bonds is 7. The number of anilines is 1. The summed E-state index contributed by atoms with van der Waals surface area (Å²) in [4.78, 5) is 23.7. The van der Waals surface area contributed by atoms with Gasteiger partial charge < -0.3 is 15.2 Å². The molecule has 0 bridgehead atoms. The third-order valence-electron chi connectivity index (χ3n) is 4.73. The Labute approximate surface area is 220 Å². The molecule has 3 aromatic carbocycles. The summed E-state index contributed by atoms with van der Waals surface area (Å²) in [5, 5.41) is 20.9. The monoisotopic (exact) mass is 622 g/mol. The van der Waals surface area contributed by atoms with Crippen LogP contribution in [-0.2, 0) is 17.6 Å². The highest BCUT2D eigenvalue weighted by Gasteiger charge is 2.30. The summed E-state index contributed by atoms with van der Waals surface area (Å²) in [6.07, 6.45) is -3.33. The van der Waals surface area contributed by atoms with Gasteiger partial charge in [-0.1, -0.05) is 34.1 Å². The van der Waals surface area contributed by atoms with Crippen molar-refractivity contribution >= 4 is 55.5 Å². The van der Waals surface area contributed by atoms with Crippen molar-refractivity contribution in [3.63, 3.8) is 0 Å². The number of benzene rings is 3. The number of nitriles is 1. The molecule has 0 fully saturated rings. The van der Waals surface area contributed by atoms with Crippen LogP contribution >= 0.6 is 31.9 Å². The Bertz CT molecular complexity index is 1380. The van der Waals surface area contributed by atoms with Crippen LogP contribution in [-0.4, -0.2) is 17.0 Å². The van der Waals surface area contributed by atoms with Crippen LogP contribution in [0, 0.1) is 11.3 Å². The summed E-state index contributed by atoms with van der Waals surface area (Å²) in [6.45, 7) is 0.0549. The number of hydrogen-bond acceptors (Lipinski definition) is 4. The highest BCUT2D eigenvalue weighted by atomic mass is 79.9. The third-order valence-corrected chi connectivity index (χ3v) is 5.78. The Morgan fingerprint density at radius 2 is 1.78 bits per heavy atom. The van der Waals surface area contributed by atoms with Crippen molar-refractivity contribution in [2.45, 2.75) is 12.8 Å². The van der Waals surface area contributed by atoms with E-state index in [4.69, 9.17) is 9.84 Å². The summed E-state index contributed by atoms with van der Waals surface area (Å²) >= 11 is 6.71. The molecule has 0 heterocycles. The van der Waals surface area contributed by atoms with Gasteiger partial charge in [0.1, 0.15) is 24.0 Å². The number of amides is 1. The van der Waals surface area contributed by atoms with Crippen molar-refractivity contribution in [1.29, 1.82) is 5.26 Å². The van der Waals surface area contributed by atoms with Crippen molar-refractivity contribution in [3.8, 4) is 11.8 Å². The maximum Gasteiger partial charge on any atom is 0.416 e. The van der Waals surface area contributed by atoms with Crippen molar-refractivity contribution in [2.75, 3.05) is 5.32 Å². The number of hydrogen-bond donors (Lipinski definition) is 2. The molecule has 0 saturated carbocycles. The van der Waals surface area contributed by atoms with Crippen molar-refractivity contribution in [2.24, 2.45) is 0 Å². The SMILES string of the molecule is N#C/C(=C\c1cc(Br)cc(Br)c1OCc1ccc(C(=O)O)cc1)C(=O)Nc1cccc(C(F)(F)F)c1. The average molecular weight is 624 g/mol. The van der Waals surface area contributed by atoms with Gasteiger partial charge in [-0.2, -0.15) is 18.4 Å². The van der Waals surface area contributed by atoms with Crippen LogP contribution in [0.25, 0.3) is 6.08 Å². The predicted molar refractivity (Wildman–Crippen MR) is 133 cm³/mol. The first-order chi connectivity index (χ1) is 17.0. The second-order valence-corrected chi connectivity index (χ2v) is 9.07. The molecule has 3 rings (SSSR count). The molecule has 11 heteroatoms. The van der Waals surface area contributed by atoms with Gasteiger partial charge in [0, 0.05) is 15.7 Å². The number of carbonyl (C=O) groups excluding carboxylic acids is 1. The van der Waals surface area contributed by atoms with E-state index < -0.39 is 23.6 Å². The lowest BCUT2D eigenvalue weighted by Crippen LogP contribution is -2.14. The first-order valence-corrected chi connectivity index (χ1v) is 11.6. The van der Waals surface area contributed by atoms with Crippen LogP contribution < -0.4 is 10.1 Å². The molecule has 0 unspecified atom stereocenters. The van der Waals surface area contributed by atoms with E-state index in [9.17, 15) is 28.0 Å². The maximum atomic E-state index is 13.0. The number of halogens is 5. The molecule has 2 N–H and O–H groups in total. The molecule has 0 spiro atoms. The van der Waals surface area contributed by atoms with Gasteiger partial charge in [-0.05, 0) is 70.0 Å². The first kappa shape index (κ1) is 27.0. The molecular formula is C25H15Br2F3N2O4. The summed E-state index contributed by atoms with van der Waals surface area (Å²) in [7, 11) is 0. The van der Waals surface area contributed by atoms with Crippen LogP contribution in [0.5, 0.6) is 5.75 Å². The zero-order valence-electron chi connectivity index (χ0n) is 18.1. The van der Waals surface area contributed by atoms with E-state index >= 15 is 0 Å². The topological polar surface area (TPSA) is 99.4 Å². The fourth-order valence-corrected chi connectivity index (χ4v) is 4.39. The lowest BCUT2D eigenvalue weighted by Gasteiger charge is -2.13. The molecular weight excluding hydrogens is 609 g/mol. The number of carboxylic acid groups (broad SMARTS) is 1. The van der Waals surface area contributed by atoms with Gasteiger partial charge in [-0.25, -0.2) is 4.79 Å². The standard InChI is InChI=1S/C25H15Br2F3N2O4/c26-19-9-16(22(21(27)11-19)36-13-14-4-6-15(7-5-14)24(34)35)8-17(12-31)23(33)32-20-3-1-2-18(10-20)25(28,29)30/h1-11H,13H2,(H,32,33)(H,34,35)/b17-8+. The average Bonchev–Trinajstić information content (AvgIpc) is 2.81. The number of aromatic carboxylic acids is 1. The fraction of sp³-hybridized carbons (Fsp3) is 0.0800. The minimum absolute atomic E-state index is 0.0549. The van der Waals surface area contributed by atoms with Gasteiger partial charge in [-0.15, -0.1) is 0 Å². The molecule has 0 atom stereocenters. The van der Waals surface area contributed by atoms with Gasteiger partial charge >= 0.3 is 12.1 Å². The van der Waals surface area contributed by atoms with Gasteiger partial charge in [0.05, 0.1) is 15.6 Å². The number of ether oxygens (including phenoxy) is 1. The molecule has 0 radical (unpaired) electrons. The Hall–Kier alpha value is -3.62. The van der Waals surface area contributed by atoms with E-state index in [1.165, 1.54) is 24.3 Å². The summed E-state index contributed by atoms with van der Waals surface area (Å²) in [6, 6.07) is 15.2. The second kappa shape index (κ2) is 11.4. The van der Waals surface area contributed by atoms with Crippen molar-refractivity contribution < 1.29 is 32.6 Å². The molecule has 1 amide bonds. The summed E-state index contributed by atoms with van der Waals surface area (Å²) in [5.74, 6) is -1.67. The van der Waals surface area contributed by atoms with Crippen LogP contribution in [0.3, 0.4) is 0 Å². The van der Waals surface area contributed by atoms with E-state index in [0.717, 1.165) is 18.2 Å². The summed E-state index contributed by atoms with van der Waals surface area (Å²) < 4.78 is 45.9. The molecule has 0 aliphatic carbocycles. The van der Waals surface area contributed by atoms with E-state index in [0.29, 0.717) is 25.8 Å². The highest BCUT2D eigenvalue weighted by Crippen LogP contribution is 2.35. The summed E-state index contributed by atoms with van der Waals surface area (Å²) in [5.41, 5.74) is -0.286. The van der Waals surface area contributed by atoms with Crippen LogP contribution in [0.15, 0.2) is 75.2 Å². The molecule has 0 aromatic heterocycles. The molecule has 6 nitrogen and oxygen atoms in total. The molecule has 0 saturated heterocycles. The van der Waals surface area contributed by atoms with Gasteiger partial charge in [0.2, 0.25) is 0 Å². The minimum Gasteiger partial charge on any atom is -0.487 e. The maximum absolute atomic E-state index is 13.0. The molecule has 3 aromatic rings. The molecule has 0 aliphatic heterocycles. The van der Waals surface area contributed by atoms with E-state index in [1.807, 2.05) is 0 Å². The number of alkyl halides is 3. The van der Waals surface area contributed by atoms with Gasteiger partial charge in [-0.3, -0.25) is 4.79 Å². The van der Waals surface area contributed by atoms with E-state index in [2.05, 4.69) is 37.2 Å². The Morgan fingerprint density at radius 3 is 2.39 bits per heavy atom. The molecule has 0 aliphatic rings. The largest absolute Gasteiger partial charge is 0.487 e. The number of carboxylic acids is 1. The molecule has 184 valence electrons. The smallest absolute Gasteiger partial charge is 0.416 e. The Kier molecular flexibility index (Phi) is 8.55. The lowest BCUT2D eigenvalue weighted by molar-refractivity contribution is -0.137. The molecule has 36 heavy (non-hydrogen) atoms. The Balaban J connectivity index is 1.86. The van der Waals surface area contributed by atoms with Crippen LogP contribution in [0.2, 0.25) is 0 Å². The first-order valence-electron chi connectivity index (χ1n) is 10.0. The van der Waals surface area contributed by atoms with Crippen LogP contribution in [0.4, 0.5) is 18.9 Å². The quantitative estimate of drug-likeness (QED) is 0.217. The zero-order chi connectivity index (χ0) is 26.5. The van der Waals surface area contributed by atoms with Crippen molar-refractivity contribution in [3.05, 3.63) is 97.4 Å². The Morgan fingerprint density at radius 1 is 1.08 bits per heavy atom. The number of nitrogens with zero attached hydrogens (tertiary/aromatic N) is 1. The number of carbonyl (C=O) groups is 2. The lowest BCUT2D eigenvalue weighted by atomic mass is 10.1. The second-order valence-electron chi connectivity index (χ2n) is 7.30. The number of nitrogens with one attached hydrogen (secondary N) is 1. The normalized spacial score (nSPS) is 11.5. The van der Waals surface area contributed by atoms with Gasteiger partial charge in [0.25, 0.3) is 5.91 Å². The van der Waals surface area contributed by atoms with Crippen molar-refractivity contribution in [1.82, 2.24) is 0 Å². The highest BCUT2D eigenvalue weighted by molar-refractivity contribution is 9.11. The minimum atomic E-state index is -4.59. The van der Waals surface area contributed by atoms with E-state index in [-0.39, 0.29) is 23.4 Å². The zero-order valence-corrected chi connectivity index (χ0v) is 21.2.